The number of allylic oxidation sites excluding steroid dienone is 14. The molecular weight excluding hydrogens is 877 g/mol. The highest BCUT2D eigenvalue weighted by Gasteiger charge is 2.19. The van der Waals surface area contributed by atoms with E-state index in [1.54, 1.807) is 0 Å². The van der Waals surface area contributed by atoms with Crippen LogP contribution in [0.2, 0.25) is 0 Å². The second-order valence-corrected chi connectivity index (χ2v) is 19.9. The minimum atomic E-state index is -0.778. The minimum absolute atomic E-state index is 0.0797. The van der Waals surface area contributed by atoms with Crippen LogP contribution in [0.15, 0.2) is 85.1 Å². The maximum absolute atomic E-state index is 12.8. The first-order chi connectivity index (χ1) is 35.0. The maximum atomic E-state index is 12.8. The van der Waals surface area contributed by atoms with Gasteiger partial charge in [-0.3, -0.25) is 14.4 Å². The van der Waals surface area contributed by atoms with Crippen LogP contribution in [0.5, 0.6) is 0 Å². The van der Waals surface area contributed by atoms with Gasteiger partial charge in [-0.1, -0.05) is 260 Å². The van der Waals surface area contributed by atoms with Crippen molar-refractivity contribution in [3.05, 3.63) is 85.1 Å². The minimum Gasteiger partial charge on any atom is -0.462 e. The molecule has 1 unspecified atom stereocenters. The Bertz CT molecular complexity index is 1370. The first kappa shape index (κ1) is 67.6. The molecule has 0 saturated carbocycles. The van der Waals surface area contributed by atoms with Crippen molar-refractivity contribution in [1.82, 2.24) is 0 Å². The molecule has 6 nitrogen and oxygen atoms in total. The van der Waals surface area contributed by atoms with Gasteiger partial charge in [-0.15, -0.1) is 0 Å². The summed E-state index contributed by atoms with van der Waals surface area (Å²) in [6.07, 6.45) is 77.7. The lowest BCUT2D eigenvalue weighted by molar-refractivity contribution is -0.167. The number of hydrogen-bond acceptors (Lipinski definition) is 6. The van der Waals surface area contributed by atoms with E-state index in [1.165, 1.54) is 141 Å². The van der Waals surface area contributed by atoms with Crippen molar-refractivity contribution in [3.8, 4) is 0 Å². The lowest BCUT2D eigenvalue weighted by Crippen LogP contribution is -2.30. The Morgan fingerprint density at radius 1 is 0.296 bits per heavy atom. The number of hydrogen-bond donors (Lipinski definition) is 0. The first-order valence-corrected chi connectivity index (χ1v) is 30.1. The van der Waals surface area contributed by atoms with Crippen LogP contribution in [0.1, 0.15) is 290 Å². The van der Waals surface area contributed by atoms with Crippen molar-refractivity contribution in [2.45, 2.75) is 297 Å². The third-order valence-electron chi connectivity index (χ3n) is 12.9. The summed E-state index contributed by atoms with van der Waals surface area (Å²) in [5, 5.41) is 0. The molecule has 0 aromatic carbocycles. The van der Waals surface area contributed by atoms with Crippen LogP contribution >= 0.6 is 0 Å². The predicted molar refractivity (Wildman–Crippen MR) is 307 cm³/mol. The molecule has 71 heavy (non-hydrogen) atoms. The summed E-state index contributed by atoms with van der Waals surface area (Å²) < 4.78 is 16.7. The quantitative estimate of drug-likeness (QED) is 0.0261. The van der Waals surface area contributed by atoms with E-state index in [9.17, 15) is 14.4 Å². The summed E-state index contributed by atoms with van der Waals surface area (Å²) in [5.74, 6) is -0.896. The van der Waals surface area contributed by atoms with Crippen LogP contribution < -0.4 is 0 Å². The van der Waals surface area contributed by atoms with Crippen LogP contribution in [-0.2, 0) is 28.6 Å². The van der Waals surface area contributed by atoms with Gasteiger partial charge in [-0.05, 0) is 96.3 Å². The summed E-state index contributed by atoms with van der Waals surface area (Å²) in [6.45, 7) is 6.44. The fourth-order valence-electron chi connectivity index (χ4n) is 8.38. The number of carbonyl (C=O) groups excluding carboxylic acids is 3. The lowest BCUT2D eigenvalue weighted by atomic mass is 10.0. The molecule has 408 valence electrons. The van der Waals surface area contributed by atoms with Crippen molar-refractivity contribution >= 4 is 17.9 Å². The first-order valence-electron chi connectivity index (χ1n) is 30.1. The fraction of sp³-hybridized carbons (Fsp3) is 0.738. The van der Waals surface area contributed by atoms with Gasteiger partial charge < -0.3 is 14.2 Å². The number of ether oxygens (including phenoxy) is 3. The highest BCUT2D eigenvalue weighted by Crippen LogP contribution is 2.16. The molecule has 0 fully saturated rings. The third kappa shape index (κ3) is 57.4. The summed E-state index contributed by atoms with van der Waals surface area (Å²) in [7, 11) is 0. The molecule has 0 aliphatic carbocycles. The van der Waals surface area contributed by atoms with Crippen LogP contribution in [0.25, 0.3) is 0 Å². The van der Waals surface area contributed by atoms with E-state index in [-0.39, 0.29) is 31.1 Å². The highest BCUT2D eigenvalue weighted by molar-refractivity contribution is 5.71. The average molecular weight is 990 g/mol. The molecule has 0 aliphatic rings. The fourth-order valence-corrected chi connectivity index (χ4v) is 8.38. The van der Waals surface area contributed by atoms with Gasteiger partial charge in [0.1, 0.15) is 13.2 Å². The van der Waals surface area contributed by atoms with E-state index in [0.29, 0.717) is 19.3 Å². The number of rotatable bonds is 54. The Kier molecular flexibility index (Phi) is 56.3. The maximum Gasteiger partial charge on any atom is 0.306 e. The second-order valence-electron chi connectivity index (χ2n) is 19.9. The van der Waals surface area contributed by atoms with Crippen molar-refractivity contribution < 1.29 is 28.6 Å². The highest BCUT2D eigenvalue weighted by atomic mass is 16.6. The molecule has 0 heterocycles. The standard InChI is InChI=1S/C65H112O6/c1-4-7-10-13-15-17-19-21-23-25-27-29-31-32-34-35-37-39-41-43-45-47-49-52-55-58-64(67)70-61-62(60-69-63(66)57-54-51-12-9-6-3)71-65(68)59-56-53-50-48-46-44-42-40-38-36-33-30-28-26-24-22-20-18-16-14-11-8-5-2/h7,10,15,17,20-23,26-29,33,36,62H,4-6,8-9,11-14,16,18-19,24-25,30-32,34-35,37-61H2,1-3H3/b10-7-,17-15-,22-20-,23-21-,28-26-,29-27-,36-33-. The molecule has 0 aromatic rings. The van der Waals surface area contributed by atoms with E-state index >= 15 is 0 Å². The number of esters is 3. The Balaban J connectivity index is 4.09. The summed E-state index contributed by atoms with van der Waals surface area (Å²) >= 11 is 0. The van der Waals surface area contributed by atoms with Crippen LogP contribution in [0, 0.1) is 0 Å². The molecule has 1 atom stereocenters. The Morgan fingerprint density at radius 3 is 0.859 bits per heavy atom. The van der Waals surface area contributed by atoms with Gasteiger partial charge in [-0.25, -0.2) is 0 Å². The van der Waals surface area contributed by atoms with Crippen LogP contribution in [0.4, 0.5) is 0 Å². The molecule has 0 aliphatic heterocycles. The van der Waals surface area contributed by atoms with Gasteiger partial charge >= 0.3 is 17.9 Å². The van der Waals surface area contributed by atoms with E-state index in [2.05, 4.69) is 106 Å². The van der Waals surface area contributed by atoms with Gasteiger partial charge in [0, 0.05) is 19.3 Å². The van der Waals surface area contributed by atoms with E-state index < -0.39 is 6.10 Å². The lowest BCUT2D eigenvalue weighted by Gasteiger charge is -2.18. The van der Waals surface area contributed by atoms with Gasteiger partial charge in [0.15, 0.2) is 6.10 Å². The topological polar surface area (TPSA) is 78.9 Å². The van der Waals surface area contributed by atoms with Gasteiger partial charge in [0.05, 0.1) is 0 Å². The molecule has 0 saturated heterocycles. The second kappa shape index (κ2) is 59.2. The van der Waals surface area contributed by atoms with Crippen LogP contribution in [0.3, 0.4) is 0 Å². The molecule has 0 radical (unpaired) electrons. The summed E-state index contributed by atoms with van der Waals surface area (Å²) in [4.78, 5) is 37.9. The molecular formula is C65H112O6. The van der Waals surface area contributed by atoms with Crippen LogP contribution in [-0.4, -0.2) is 37.2 Å². The van der Waals surface area contributed by atoms with E-state index in [1.807, 2.05) is 0 Å². The van der Waals surface area contributed by atoms with Crippen molar-refractivity contribution in [2.75, 3.05) is 13.2 Å². The summed E-state index contributed by atoms with van der Waals surface area (Å²) in [5.41, 5.74) is 0. The number of unbranched alkanes of at least 4 members (excludes halogenated alkanes) is 29. The zero-order valence-electron chi connectivity index (χ0n) is 46.7. The largest absolute Gasteiger partial charge is 0.462 e. The molecule has 0 bridgehead atoms. The Morgan fingerprint density at radius 2 is 0.549 bits per heavy atom. The molecule has 0 rings (SSSR count). The van der Waals surface area contributed by atoms with Crippen molar-refractivity contribution in [2.24, 2.45) is 0 Å². The predicted octanol–water partition coefficient (Wildman–Crippen LogP) is 20.3. The zero-order valence-corrected chi connectivity index (χ0v) is 46.7. The normalized spacial score (nSPS) is 12.7. The average Bonchev–Trinajstić information content (AvgIpc) is 3.37. The Labute approximate surface area is 439 Å². The van der Waals surface area contributed by atoms with E-state index in [4.69, 9.17) is 14.2 Å². The third-order valence-corrected chi connectivity index (χ3v) is 12.9. The molecule has 0 N–H and O–H groups in total. The monoisotopic (exact) mass is 989 g/mol. The zero-order chi connectivity index (χ0) is 51.4. The Hall–Kier alpha value is -3.41. The van der Waals surface area contributed by atoms with E-state index in [0.717, 1.165) is 109 Å². The molecule has 0 spiro atoms. The molecule has 0 amide bonds. The van der Waals surface area contributed by atoms with Crippen molar-refractivity contribution in [3.63, 3.8) is 0 Å². The van der Waals surface area contributed by atoms with Gasteiger partial charge in [-0.2, -0.15) is 0 Å². The van der Waals surface area contributed by atoms with Crippen molar-refractivity contribution in [1.29, 1.82) is 0 Å². The SMILES string of the molecule is CC/C=C\C/C=C\C/C=C\C/C=C\CCCCCCCCCCCCCCC(=O)OCC(COC(=O)CCCCCCC)OC(=O)CCCCCCCCCC/C=C\C/C=C\C/C=C\CCCCCCC. The van der Waals surface area contributed by atoms with Gasteiger partial charge in [0.25, 0.3) is 0 Å². The summed E-state index contributed by atoms with van der Waals surface area (Å²) in [6, 6.07) is 0. The smallest absolute Gasteiger partial charge is 0.306 e. The van der Waals surface area contributed by atoms with Gasteiger partial charge in [0.2, 0.25) is 0 Å². The number of carbonyl (C=O) groups is 3. The molecule has 0 aromatic heterocycles. The molecule has 6 heteroatoms.